The average Bonchev–Trinajstić information content (AvgIpc) is 2.29. The van der Waals surface area contributed by atoms with Gasteiger partial charge in [-0.3, -0.25) is 0 Å². The highest BCUT2D eigenvalue weighted by molar-refractivity contribution is 5.38. The van der Waals surface area contributed by atoms with E-state index in [1.165, 1.54) is 41.5 Å². The molecular formula is C16H27N. The lowest BCUT2D eigenvalue weighted by molar-refractivity contribution is 0.492. The van der Waals surface area contributed by atoms with Gasteiger partial charge in [0.25, 0.3) is 0 Å². The molecule has 0 saturated carbocycles. The van der Waals surface area contributed by atoms with Crippen molar-refractivity contribution in [2.45, 2.75) is 59.9 Å². The summed E-state index contributed by atoms with van der Waals surface area (Å²) < 4.78 is 0. The number of aryl methyl sites for hydroxylation is 3. The van der Waals surface area contributed by atoms with Crippen molar-refractivity contribution < 1.29 is 0 Å². The first kappa shape index (κ1) is 14.2. The van der Waals surface area contributed by atoms with Crippen molar-refractivity contribution in [1.29, 1.82) is 0 Å². The zero-order valence-electron chi connectivity index (χ0n) is 12.1. The highest BCUT2D eigenvalue weighted by atomic mass is 14.9. The predicted octanol–water partition coefficient (Wildman–Crippen LogP) is 4.45. The van der Waals surface area contributed by atoms with Crippen molar-refractivity contribution in [1.82, 2.24) is 5.32 Å². The van der Waals surface area contributed by atoms with Gasteiger partial charge in [-0.05, 0) is 62.4 Å². The number of nitrogens with one attached hydrogen (secondary N) is 1. The van der Waals surface area contributed by atoms with Crippen molar-refractivity contribution in [3.8, 4) is 0 Å². The van der Waals surface area contributed by atoms with E-state index in [-0.39, 0.29) is 0 Å². The highest BCUT2D eigenvalue weighted by Gasteiger charge is 2.13. The summed E-state index contributed by atoms with van der Waals surface area (Å²) in [4.78, 5) is 0. The molecule has 0 heterocycles. The molecule has 1 aromatic carbocycles. The van der Waals surface area contributed by atoms with E-state index in [4.69, 9.17) is 0 Å². The zero-order valence-corrected chi connectivity index (χ0v) is 12.1. The first-order valence-electron chi connectivity index (χ1n) is 6.91. The van der Waals surface area contributed by atoms with Crippen LogP contribution in [0.3, 0.4) is 0 Å². The standard InChI is InChI=1S/C16H27N/c1-6-8-16(17-9-7-2)15-11-13(4)12(3)10-14(15)5/h10-11,16-17H,6-9H2,1-5H3. The minimum atomic E-state index is 0.527. The van der Waals surface area contributed by atoms with Crippen molar-refractivity contribution in [2.24, 2.45) is 0 Å². The van der Waals surface area contributed by atoms with Gasteiger partial charge in [0.2, 0.25) is 0 Å². The number of rotatable bonds is 6. The van der Waals surface area contributed by atoms with Crippen molar-refractivity contribution >= 4 is 0 Å². The summed E-state index contributed by atoms with van der Waals surface area (Å²) in [7, 11) is 0. The van der Waals surface area contributed by atoms with Gasteiger partial charge in [-0.25, -0.2) is 0 Å². The third kappa shape index (κ3) is 3.85. The molecule has 0 aliphatic rings. The Morgan fingerprint density at radius 3 is 2.18 bits per heavy atom. The van der Waals surface area contributed by atoms with Gasteiger partial charge < -0.3 is 5.32 Å². The molecular weight excluding hydrogens is 206 g/mol. The van der Waals surface area contributed by atoms with Gasteiger partial charge in [0.15, 0.2) is 0 Å². The molecule has 17 heavy (non-hydrogen) atoms. The largest absolute Gasteiger partial charge is 0.310 e. The fraction of sp³-hybridized carbons (Fsp3) is 0.625. The van der Waals surface area contributed by atoms with Crippen LogP contribution in [0.25, 0.3) is 0 Å². The zero-order chi connectivity index (χ0) is 12.8. The summed E-state index contributed by atoms with van der Waals surface area (Å²) in [6, 6.07) is 5.22. The molecule has 0 bridgehead atoms. The van der Waals surface area contributed by atoms with E-state index in [0.717, 1.165) is 6.54 Å². The molecule has 0 saturated heterocycles. The molecule has 0 radical (unpaired) electrons. The normalized spacial score (nSPS) is 12.8. The summed E-state index contributed by atoms with van der Waals surface area (Å²) in [5.41, 5.74) is 5.72. The molecule has 0 amide bonds. The Kier molecular flexibility index (Phi) is 5.70. The van der Waals surface area contributed by atoms with Gasteiger partial charge >= 0.3 is 0 Å². The molecule has 1 N–H and O–H groups in total. The van der Waals surface area contributed by atoms with Gasteiger partial charge in [0.1, 0.15) is 0 Å². The van der Waals surface area contributed by atoms with Crippen LogP contribution in [-0.4, -0.2) is 6.54 Å². The molecule has 0 spiro atoms. The summed E-state index contributed by atoms with van der Waals surface area (Å²) in [5.74, 6) is 0. The van der Waals surface area contributed by atoms with Crippen molar-refractivity contribution in [3.05, 3.63) is 34.4 Å². The minimum absolute atomic E-state index is 0.527. The van der Waals surface area contributed by atoms with Crippen LogP contribution in [-0.2, 0) is 0 Å². The van der Waals surface area contributed by atoms with Crippen LogP contribution >= 0.6 is 0 Å². The smallest absolute Gasteiger partial charge is 0.0322 e. The summed E-state index contributed by atoms with van der Waals surface area (Å²) in [5, 5.41) is 3.67. The van der Waals surface area contributed by atoms with E-state index in [1.807, 2.05) is 0 Å². The van der Waals surface area contributed by atoms with Crippen LogP contribution < -0.4 is 5.32 Å². The fourth-order valence-electron chi connectivity index (χ4n) is 2.33. The average molecular weight is 233 g/mol. The third-order valence-electron chi connectivity index (χ3n) is 3.48. The first-order valence-corrected chi connectivity index (χ1v) is 6.91. The first-order chi connectivity index (χ1) is 8.10. The molecule has 1 unspecified atom stereocenters. The summed E-state index contributed by atoms with van der Waals surface area (Å²) in [6.45, 7) is 12.2. The second-order valence-electron chi connectivity index (χ2n) is 5.09. The van der Waals surface area contributed by atoms with Crippen LogP contribution in [0.2, 0.25) is 0 Å². The molecule has 0 aliphatic heterocycles. The molecule has 1 atom stereocenters. The Morgan fingerprint density at radius 2 is 1.59 bits per heavy atom. The fourth-order valence-corrected chi connectivity index (χ4v) is 2.33. The number of benzene rings is 1. The van der Waals surface area contributed by atoms with E-state index >= 15 is 0 Å². The van der Waals surface area contributed by atoms with Crippen LogP contribution in [0.5, 0.6) is 0 Å². The predicted molar refractivity (Wildman–Crippen MR) is 76.6 cm³/mol. The molecule has 1 aromatic rings. The van der Waals surface area contributed by atoms with E-state index in [1.54, 1.807) is 0 Å². The second kappa shape index (κ2) is 6.80. The highest BCUT2D eigenvalue weighted by Crippen LogP contribution is 2.25. The molecule has 0 aliphatic carbocycles. The van der Waals surface area contributed by atoms with Gasteiger partial charge in [0, 0.05) is 6.04 Å². The molecule has 96 valence electrons. The van der Waals surface area contributed by atoms with Gasteiger partial charge in [-0.15, -0.1) is 0 Å². The van der Waals surface area contributed by atoms with Crippen molar-refractivity contribution in [2.75, 3.05) is 6.54 Å². The number of hydrogen-bond donors (Lipinski definition) is 1. The monoisotopic (exact) mass is 233 g/mol. The SMILES string of the molecule is CCCNC(CCC)c1cc(C)c(C)cc1C. The molecule has 0 fully saturated rings. The van der Waals surface area contributed by atoms with Gasteiger partial charge in [-0.1, -0.05) is 32.4 Å². The molecule has 1 heteroatoms. The van der Waals surface area contributed by atoms with Crippen LogP contribution in [0.15, 0.2) is 12.1 Å². The summed E-state index contributed by atoms with van der Waals surface area (Å²) >= 11 is 0. The van der Waals surface area contributed by atoms with E-state index in [0.29, 0.717) is 6.04 Å². The van der Waals surface area contributed by atoms with Gasteiger partial charge in [0.05, 0.1) is 0 Å². The molecule has 1 nitrogen and oxygen atoms in total. The molecule has 0 aromatic heterocycles. The Hall–Kier alpha value is -0.820. The van der Waals surface area contributed by atoms with E-state index in [2.05, 4.69) is 52.1 Å². The Labute approximate surface area is 107 Å². The topological polar surface area (TPSA) is 12.0 Å². The van der Waals surface area contributed by atoms with Crippen LogP contribution in [0.4, 0.5) is 0 Å². The lowest BCUT2D eigenvalue weighted by atomic mass is 9.93. The van der Waals surface area contributed by atoms with Crippen LogP contribution in [0, 0.1) is 20.8 Å². The molecule has 1 rings (SSSR count). The Balaban J connectivity index is 2.96. The maximum Gasteiger partial charge on any atom is 0.0322 e. The van der Waals surface area contributed by atoms with E-state index < -0.39 is 0 Å². The minimum Gasteiger partial charge on any atom is -0.310 e. The lowest BCUT2D eigenvalue weighted by Gasteiger charge is -2.21. The van der Waals surface area contributed by atoms with Crippen molar-refractivity contribution in [3.63, 3.8) is 0 Å². The summed E-state index contributed by atoms with van der Waals surface area (Å²) in [6.07, 6.45) is 3.65. The second-order valence-corrected chi connectivity index (χ2v) is 5.09. The lowest BCUT2D eigenvalue weighted by Crippen LogP contribution is -2.23. The van der Waals surface area contributed by atoms with Crippen LogP contribution in [0.1, 0.15) is 61.4 Å². The van der Waals surface area contributed by atoms with E-state index in [9.17, 15) is 0 Å². The van der Waals surface area contributed by atoms with Gasteiger partial charge in [-0.2, -0.15) is 0 Å². The quantitative estimate of drug-likeness (QED) is 0.765. The Bertz CT molecular complexity index is 355. The number of hydrogen-bond acceptors (Lipinski definition) is 1. The Morgan fingerprint density at radius 1 is 0.941 bits per heavy atom. The maximum absolute atomic E-state index is 3.67. The maximum atomic E-state index is 3.67. The third-order valence-corrected chi connectivity index (χ3v) is 3.48.